The number of carbonyl (C=O) groups excluding carboxylic acids is 1. The van der Waals surface area contributed by atoms with Gasteiger partial charge in [0.1, 0.15) is 5.82 Å². The van der Waals surface area contributed by atoms with Crippen LogP contribution in [0, 0.1) is 5.82 Å². The average Bonchev–Trinajstić information content (AvgIpc) is 3.22. The molecule has 0 saturated carbocycles. The maximum absolute atomic E-state index is 14.0. The van der Waals surface area contributed by atoms with Gasteiger partial charge in [-0.05, 0) is 61.6 Å². The Labute approximate surface area is 158 Å². The molecule has 0 unspecified atom stereocenters. The summed E-state index contributed by atoms with van der Waals surface area (Å²) in [5.74, 6) is -0.952. The van der Waals surface area contributed by atoms with Crippen LogP contribution in [0.25, 0.3) is 0 Å². The van der Waals surface area contributed by atoms with Crippen molar-refractivity contribution in [3.05, 3.63) is 59.4 Å². The van der Waals surface area contributed by atoms with Gasteiger partial charge in [0.15, 0.2) is 0 Å². The van der Waals surface area contributed by atoms with Crippen molar-refractivity contribution in [2.75, 3.05) is 24.5 Å². The smallest absolute Gasteiger partial charge is 0.261 e. The van der Waals surface area contributed by atoms with Crippen LogP contribution in [-0.4, -0.2) is 38.3 Å². The van der Waals surface area contributed by atoms with Gasteiger partial charge >= 0.3 is 0 Å². The third-order valence-corrected chi connectivity index (χ3v) is 7.12. The standard InChI is InChI=1S/C20H21FN2O3S/c21-18-8-2-1-7-17(18)20(24)23-13-5-6-15-14-16(9-10-19(15)23)27(25,26)22-11-3-4-12-22/h1-2,7-10,14H,3-6,11-13H2. The molecule has 2 aromatic carbocycles. The number of halogens is 1. The summed E-state index contributed by atoms with van der Waals surface area (Å²) in [4.78, 5) is 14.6. The van der Waals surface area contributed by atoms with Gasteiger partial charge in [-0.2, -0.15) is 4.31 Å². The first kappa shape index (κ1) is 18.1. The number of aryl methyl sites for hydroxylation is 1. The molecule has 0 spiro atoms. The van der Waals surface area contributed by atoms with Crippen molar-refractivity contribution in [2.24, 2.45) is 0 Å². The number of fused-ring (bicyclic) bond motifs is 1. The van der Waals surface area contributed by atoms with Crippen molar-refractivity contribution in [1.29, 1.82) is 0 Å². The third-order valence-electron chi connectivity index (χ3n) is 5.22. The second kappa shape index (κ2) is 7.05. The van der Waals surface area contributed by atoms with Crippen molar-refractivity contribution in [1.82, 2.24) is 4.31 Å². The normalized spacial score (nSPS) is 17.7. The highest BCUT2D eigenvalue weighted by molar-refractivity contribution is 7.89. The summed E-state index contributed by atoms with van der Waals surface area (Å²) in [6, 6.07) is 10.8. The fourth-order valence-electron chi connectivity index (χ4n) is 3.80. The van der Waals surface area contributed by atoms with E-state index >= 15 is 0 Å². The van der Waals surface area contributed by atoms with Crippen molar-refractivity contribution >= 4 is 21.6 Å². The van der Waals surface area contributed by atoms with Crippen molar-refractivity contribution < 1.29 is 17.6 Å². The second-order valence-electron chi connectivity index (χ2n) is 6.94. The largest absolute Gasteiger partial charge is 0.308 e. The lowest BCUT2D eigenvalue weighted by atomic mass is 10.0. The number of hydrogen-bond donors (Lipinski definition) is 0. The average molecular weight is 388 g/mol. The zero-order valence-corrected chi connectivity index (χ0v) is 15.7. The number of benzene rings is 2. The Morgan fingerprint density at radius 2 is 1.70 bits per heavy atom. The van der Waals surface area contributed by atoms with E-state index in [0.717, 1.165) is 18.4 Å². The number of rotatable bonds is 3. The molecule has 4 rings (SSSR count). The van der Waals surface area contributed by atoms with E-state index in [0.29, 0.717) is 38.2 Å². The maximum Gasteiger partial charge on any atom is 0.261 e. The molecular weight excluding hydrogens is 367 g/mol. The lowest BCUT2D eigenvalue weighted by Gasteiger charge is -2.30. The molecule has 2 aliphatic heterocycles. The quantitative estimate of drug-likeness (QED) is 0.811. The molecule has 2 aromatic rings. The Bertz CT molecular complexity index is 984. The second-order valence-corrected chi connectivity index (χ2v) is 8.88. The topological polar surface area (TPSA) is 57.7 Å². The number of amides is 1. The lowest BCUT2D eigenvalue weighted by Crippen LogP contribution is -2.36. The van der Waals surface area contributed by atoms with Crippen LogP contribution < -0.4 is 4.90 Å². The van der Waals surface area contributed by atoms with Gasteiger partial charge in [-0.1, -0.05) is 12.1 Å². The van der Waals surface area contributed by atoms with Gasteiger partial charge in [-0.3, -0.25) is 4.79 Å². The zero-order valence-electron chi connectivity index (χ0n) is 14.9. The number of hydrogen-bond acceptors (Lipinski definition) is 3. The number of sulfonamides is 1. The van der Waals surface area contributed by atoms with Crippen molar-refractivity contribution in [3.8, 4) is 0 Å². The molecular formula is C20H21FN2O3S. The monoisotopic (exact) mass is 388 g/mol. The van der Waals surface area contributed by atoms with Crippen LogP contribution >= 0.6 is 0 Å². The Kier molecular flexibility index (Phi) is 4.74. The van der Waals surface area contributed by atoms with E-state index in [2.05, 4.69) is 0 Å². The molecule has 27 heavy (non-hydrogen) atoms. The van der Waals surface area contributed by atoms with Gasteiger partial charge < -0.3 is 4.90 Å². The third kappa shape index (κ3) is 3.26. The highest BCUT2D eigenvalue weighted by Crippen LogP contribution is 2.32. The van der Waals surface area contributed by atoms with Crippen LogP contribution in [0.3, 0.4) is 0 Å². The molecule has 1 saturated heterocycles. The molecule has 5 nitrogen and oxygen atoms in total. The Balaban J connectivity index is 1.68. The summed E-state index contributed by atoms with van der Waals surface area (Å²) in [5, 5.41) is 0. The first-order valence-electron chi connectivity index (χ1n) is 9.18. The predicted molar refractivity (Wildman–Crippen MR) is 101 cm³/mol. The molecule has 0 atom stereocenters. The van der Waals surface area contributed by atoms with Crippen LogP contribution in [0.15, 0.2) is 47.4 Å². The molecule has 142 valence electrons. The molecule has 0 bridgehead atoms. The SMILES string of the molecule is O=C(c1ccccc1F)N1CCCc2cc(S(=O)(=O)N3CCCC3)ccc21. The number of nitrogens with zero attached hydrogens (tertiary/aromatic N) is 2. The van der Waals surface area contributed by atoms with Gasteiger partial charge in [-0.25, -0.2) is 12.8 Å². The molecule has 1 amide bonds. The highest BCUT2D eigenvalue weighted by atomic mass is 32.2. The first-order chi connectivity index (χ1) is 13.0. The number of carbonyl (C=O) groups is 1. The Morgan fingerprint density at radius 1 is 0.963 bits per heavy atom. The van der Waals surface area contributed by atoms with E-state index in [1.165, 1.54) is 16.4 Å². The number of anilines is 1. The van der Waals surface area contributed by atoms with E-state index in [-0.39, 0.29) is 10.5 Å². The summed E-state index contributed by atoms with van der Waals surface area (Å²) in [5.41, 5.74) is 1.50. The van der Waals surface area contributed by atoms with Gasteiger partial charge in [0.05, 0.1) is 10.5 Å². The van der Waals surface area contributed by atoms with Crippen LogP contribution in [0.5, 0.6) is 0 Å². The Morgan fingerprint density at radius 3 is 2.44 bits per heavy atom. The maximum atomic E-state index is 14.0. The summed E-state index contributed by atoms with van der Waals surface area (Å²) < 4.78 is 41.1. The summed E-state index contributed by atoms with van der Waals surface area (Å²) in [7, 11) is -3.50. The highest BCUT2D eigenvalue weighted by Gasteiger charge is 2.30. The van der Waals surface area contributed by atoms with Gasteiger partial charge in [0, 0.05) is 25.3 Å². The molecule has 0 aliphatic carbocycles. The van der Waals surface area contributed by atoms with Crippen LogP contribution in [0.4, 0.5) is 10.1 Å². The molecule has 1 fully saturated rings. The zero-order chi connectivity index (χ0) is 19.0. The first-order valence-corrected chi connectivity index (χ1v) is 10.6. The van der Waals surface area contributed by atoms with E-state index in [1.807, 2.05) is 0 Å². The summed E-state index contributed by atoms with van der Waals surface area (Å²) >= 11 is 0. The molecule has 2 heterocycles. The fraction of sp³-hybridized carbons (Fsp3) is 0.350. The van der Waals surface area contributed by atoms with E-state index in [9.17, 15) is 17.6 Å². The predicted octanol–water partition coefficient (Wildman–Crippen LogP) is 3.20. The minimum atomic E-state index is -3.50. The van der Waals surface area contributed by atoms with Crippen molar-refractivity contribution in [2.45, 2.75) is 30.6 Å². The summed E-state index contributed by atoms with van der Waals surface area (Å²) in [6.07, 6.45) is 3.17. The van der Waals surface area contributed by atoms with E-state index in [1.54, 1.807) is 35.2 Å². The van der Waals surface area contributed by atoms with Gasteiger partial charge in [-0.15, -0.1) is 0 Å². The molecule has 0 N–H and O–H groups in total. The van der Waals surface area contributed by atoms with E-state index in [4.69, 9.17) is 0 Å². The van der Waals surface area contributed by atoms with Gasteiger partial charge in [0.25, 0.3) is 5.91 Å². The van der Waals surface area contributed by atoms with Crippen molar-refractivity contribution in [3.63, 3.8) is 0 Å². The molecule has 0 radical (unpaired) electrons. The summed E-state index contributed by atoms with van der Waals surface area (Å²) in [6.45, 7) is 1.59. The molecule has 2 aliphatic rings. The minimum absolute atomic E-state index is 0.0270. The van der Waals surface area contributed by atoms with E-state index < -0.39 is 21.7 Å². The van der Waals surface area contributed by atoms with Crippen LogP contribution in [-0.2, 0) is 16.4 Å². The van der Waals surface area contributed by atoms with Crippen LogP contribution in [0.2, 0.25) is 0 Å². The Hall–Kier alpha value is -2.25. The lowest BCUT2D eigenvalue weighted by molar-refractivity contribution is 0.0981. The van der Waals surface area contributed by atoms with Crippen LogP contribution in [0.1, 0.15) is 35.2 Å². The fourth-order valence-corrected chi connectivity index (χ4v) is 5.37. The van der Waals surface area contributed by atoms with Gasteiger partial charge in [0.2, 0.25) is 10.0 Å². The molecule has 0 aromatic heterocycles. The molecule has 7 heteroatoms. The minimum Gasteiger partial charge on any atom is -0.308 e.